The lowest BCUT2D eigenvalue weighted by Gasteiger charge is -2.15. The molecule has 0 N–H and O–H groups in total. The van der Waals surface area contributed by atoms with Gasteiger partial charge in [0.1, 0.15) is 5.52 Å². The third kappa shape index (κ3) is 3.35. The maximum atomic E-state index is 12.0. The summed E-state index contributed by atoms with van der Waals surface area (Å²) >= 11 is 0. The Bertz CT molecular complexity index is 609. The molecule has 2 aromatic rings. The van der Waals surface area contributed by atoms with Crippen LogP contribution in [0.25, 0.3) is 10.9 Å². The Labute approximate surface area is 113 Å². The van der Waals surface area contributed by atoms with Gasteiger partial charge in [0.2, 0.25) is 0 Å². The van der Waals surface area contributed by atoms with Gasteiger partial charge in [-0.05, 0) is 25.2 Å². The summed E-state index contributed by atoms with van der Waals surface area (Å²) in [6, 6.07) is 11.5. The van der Waals surface area contributed by atoms with Crippen molar-refractivity contribution in [3.63, 3.8) is 0 Å². The Hall–Kier alpha value is -1.81. The molecule has 0 saturated heterocycles. The van der Waals surface area contributed by atoms with E-state index in [4.69, 9.17) is 0 Å². The van der Waals surface area contributed by atoms with Crippen LogP contribution in [-0.4, -0.2) is 29.6 Å². The first kappa shape index (κ1) is 13.6. The smallest absolute Gasteiger partial charge is 0.273 e. The summed E-state index contributed by atoms with van der Waals surface area (Å²) in [5, 5.41) is 5.10. The molecule has 0 fully saturated rings. The van der Waals surface area contributed by atoms with E-state index in [1.165, 1.54) is 0 Å². The molecular formula is C15H20N3O+. The van der Waals surface area contributed by atoms with Crippen LogP contribution in [0.3, 0.4) is 0 Å². The largest absolute Gasteiger partial charge is 0.303 e. The van der Waals surface area contributed by atoms with Crippen LogP contribution in [0.2, 0.25) is 0 Å². The van der Waals surface area contributed by atoms with E-state index in [2.05, 4.69) is 23.8 Å². The summed E-state index contributed by atoms with van der Waals surface area (Å²) < 4.78 is 0.756. The summed E-state index contributed by atoms with van der Waals surface area (Å²) in [6.07, 6.45) is 0.721. The maximum absolute atomic E-state index is 12.0. The van der Waals surface area contributed by atoms with Crippen molar-refractivity contribution >= 4 is 10.9 Å². The molecule has 19 heavy (non-hydrogen) atoms. The Morgan fingerprint density at radius 1 is 1.11 bits per heavy atom. The normalized spacial score (nSPS) is 11.1. The van der Waals surface area contributed by atoms with Gasteiger partial charge in [-0.15, -0.1) is 0 Å². The number of rotatable bonds is 5. The molecule has 0 saturated carbocycles. The van der Waals surface area contributed by atoms with Gasteiger partial charge in [0.25, 0.3) is 5.69 Å². The Morgan fingerprint density at radius 2 is 1.84 bits per heavy atom. The highest BCUT2D eigenvalue weighted by molar-refractivity contribution is 5.76. The number of aromatic nitrogens is 2. The second kappa shape index (κ2) is 6.38. The van der Waals surface area contributed by atoms with Crippen LogP contribution in [0, 0.1) is 4.91 Å². The van der Waals surface area contributed by atoms with Crippen LogP contribution >= 0.6 is 0 Å². The van der Waals surface area contributed by atoms with E-state index in [0.717, 1.165) is 41.5 Å². The third-order valence-electron chi connectivity index (χ3n) is 3.41. The SMILES string of the molecule is CCN(CC)CCc1ccc2ccccc2n[n+]1=O. The van der Waals surface area contributed by atoms with Gasteiger partial charge in [-0.3, -0.25) is 0 Å². The van der Waals surface area contributed by atoms with E-state index < -0.39 is 0 Å². The molecule has 4 nitrogen and oxygen atoms in total. The molecule has 1 heterocycles. The topological polar surface area (TPSA) is 39.1 Å². The first-order valence-electron chi connectivity index (χ1n) is 6.78. The predicted octanol–water partition coefficient (Wildman–Crippen LogP) is 2.03. The number of hydrogen-bond donors (Lipinski definition) is 0. The van der Waals surface area contributed by atoms with Crippen LogP contribution in [-0.2, 0) is 6.42 Å². The molecule has 2 rings (SSSR count). The van der Waals surface area contributed by atoms with Crippen molar-refractivity contribution in [1.29, 1.82) is 0 Å². The van der Waals surface area contributed by atoms with E-state index in [1.54, 1.807) is 0 Å². The molecule has 4 heteroatoms. The molecule has 1 aromatic carbocycles. The van der Waals surface area contributed by atoms with Gasteiger partial charge in [0.05, 0.1) is 16.4 Å². The van der Waals surface area contributed by atoms with Crippen LogP contribution in [0.15, 0.2) is 36.4 Å². The van der Waals surface area contributed by atoms with Gasteiger partial charge in [0.15, 0.2) is 4.54 Å². The maximum Gasteiger partial charge on any atom is 0.273 e. The third-order valence-corrected chi connectivity index (χ3v) is 3.41. The van der Waals surface area contributed by atoms with Crippen LogP contribution in [0.1, 0.15) is 19.5 Å². The zero-order valence-corrected chi connectivity index (χ0v) is 11.5. The lowest BCUT2D eigenvalue weighted by atomic mass is 10.2. The summed E-state index contributed by atoms with van der Waals surface area (Å²) in [7, 11) is 0. The zero-order chi connectivity index (χ0) is 13.7. The minimum absolute atomic E-state index is 0.711. The quantitative estimate of drug-likeness (QED) is 0.770. The summed E-state index contributed by atoms with van der Waals surface area (Å²) in [4.78, 5) is 14.3. The molecule has 0 spiro atoms. The second-order valence-corrected chi connectivity index (χ2v) is 4.53. The van der Waals surface area contributed by atoms with Gasteiger partial charge in [-0.2, -0.15) is 0 Å². The first-order chi connectivity index (χ1) is 9.24. The Kier molecular flexibility index (Phi) is 4.58. The Balaban J connectivity index is 2.29. The van der Waals surface area contributed by atoms with Crippen LogP contribution in [0.4, 0.5) is 0 Å². The van der Waals surface area contributed by atoms with Gasteiger partial charge < -0.3 is 4.90 Å². The van der Waals surface area contributed by atoms with E-state index in [1.807, 2.05) is 36.4 Å². The highest BCUT2D eigenvalue weighted by Gasteiger charge is 2.11. The molecule has 0 aliphatic heterocycles. The minimum Gasteiger partial charge on any atom is -0.303 e. The molecule has 0 aliphatic carbocycles. The summed E-state index contributed by atoms with van der Waals surface area (Å²) in [5.41, 5.74) is 1.44. The molecule has 0 bridgehead atoms. The van der Waals surface area contributed by atoms with Crippen molar-refractivity contribution in [3.05, 3.63) is 47.0 Å². The van der Waals surface area contributed by atoms with Gasteiger partial charge in [-0.1, -0.05) is 32.0 Å². The molecule has 1 aromatic heterocycles. The predicted molar refractivity (Wildman–Crippen MR) is 76.6 cm³/mol. The average molecular weight is 258 g/mol. The van der Waals surface area contributed by atoms with Crippen molar-refractivity contribution in [2.75, 3.05) is 19.6 Å². The lowest BCUT2D eigenvalue weighted by molar-refractivity contribution is -0.569. The highest BCUT2D eigenvalue weighted by atomic mass is 16.3. The van der Waals surface area contributed by atoms with Gasteiger partial charge >= 0.3 is 0 Å². The van der Waals surface area contributed by atoms with Crippen LogP contribution in [0.5, 0.6) is 0 Å². The van der Waals surface area contributed by atoms with Crippen molar-refractivity contribution in [3.8, 4) is 0 Å². The summed E-state index contributed by atoms with van der Waals surface area (Å²) in [5.74, 6) is 0. The number of nitrogens with zero attached hydrogens (tertiary/aromatic N) is 3. The van der Waals surface area contributed by atoms with Gasteiger partial charge in [-0.25, -0.2) is 0 Å². The number of fused-ring (bicyclic) bond motifs is 1. The minimum atomic E-state index is 0.711. The Morgan fingerprint density at radius 3 is 2.58 bits per heavy atom. The van der Waals surface area contributed by atoms with Crippen molar-refractivity contribution in [2.24, 2.45) is 0 Å². The zero-order valence-electron chi connectivity index (χ0n) is 11.5. The standard InChI is InChI=1S/C15H20N3O/c1-3-17(4-2)12-11-14-10-9-13-7-5-6-8-15(13)16-18(14)19/h5-10H,3-4,11-12H2,1-2H3/q+1. The van der Waals surface area contributed by atoms with Gasteiger partial charge in [0, 0.05) is 18.0 Å². The number of benzene rings is 1. The number of hydrogen-bond acceptors (Lipinski definition) is 3. The van der Waals surface area contributed by atoms with Crippen molar-refractivity contribution in [1.82, 2.24) is 10.00 Å². The first-order valence-corrected chi connectivity index (χ1v) is 6.78. The van der Waals surface area contributed by atoms with Crippen molar-refractivity contribution < 1.29 is 4.54 Å². The second-order valence-electron chi connectivity index (χ2n) is 4.53. The van der Waals surface area contributed by atoms with E-state index in [0.29, 0.717) is 5.69 Å². The van der Waals surface area contributed by atoms with E-state index in [9.17, 15) is 4.91 Å². The van der Waals surface area contributed by atoms with E-state index in [-0.39, 0.29) is 0 Å². The summed E-state index contributed by atoms with van der Waals surface area (Å²) in [6.45, 7) is 7.16. The van der Waals surface area contributed by atoms with Crippen LogP contribution < -0.4 is 4.54 Å². The number of likely N-dealkylation sites (N-methyl/N-ethyl adjacent to an activating group) is 1. The molecule has 0 atom stereocenters. The van der Waals surface area contributed by atoms with Crippen molar-refractivity contribution in [2.45, 2.75) is 20.3 Å². The fourth-order valence-electron chi connectivity index (χ4n) is 2.12. The molecule has 100 valence electrons. The molecular weight excluding hydrogens is 238 g/mol. The fourth-order valence-corrected chi connectivity index (χ4v) is 2.12. The fraction of sp³-hybridized carbons (Fsp3) is 0.400. The molecule has 0 radical (unpaired) electrons. The molecule has 0 unspecified atom stereocenters. The molecule has 0 aliphatic rings. The molecule has 0 amide bonds. The monoisotopic (exact) mass is 258 g/mol. The average Bonchev–Trinajstić information content (AvgIpc) is 2.59. The highest BCUT2D eigenvalue weighted by Crippen LogP contribution is 2.07. The van der Waals surface area contributed by atoms with E-state index >= 15 is 0 Å². The lowest BCUT2D eigenvalue weighted by Crippen LogP contribution is -2.30.